The average Bonchev–Trinajstić information content (AvgIpc) is 3.09. The average molecular weight is 443 g/mol. The highest BCUT2D eigenvalue weighted by Crippen LogP contribution is 2.40. The van der Waals surface area contributed by atoms with E-state index >= 15 is 0 Å². The molecule has 1 aliphatic heterocycles. The number of nitrogens with zero attached hydrogens (tertiary/aromatic N) is 2. The highest BCUT2D eigenvalue weighted by Gasteiger charge is 2.46. The fourth-order valence-electron chi connectivity index (χ4n) is 4.04. The molecule has 4 rings (SSSR count). The number of Topliss-reactive ketones (excluding diaryl/α,β-unsaturated/α-hetero) is 1. The third-order valence-corrected chi connectivity index (χ3v) is 5.92. The van der Waals surface area contributed by atoms with Crippen LogP contribution >= 0.6 is 0 Å². The number of ether oxygens (including phenoxy) is 1. The molecule has 0 saturated carbocycles. The predicted octanol–water partition coefficient (Wildman–Crippen LogP) is 4.84. The Morgan fingerprint density at radius 2 is 1.64 bits per heavy atom. The summed E-state index contributed by atoms with van der Waals surface area (Å²) in [5, 5.41) is 11.2. The molecule has 0 bridgehead atoms. The zero-order valence-corrected chi connectivity index (χ0v) is 18.9. The van der Waals surface area contributed by atoms with E-state index in [2.05, 4.69) is 18.8 Å². The van der Waals surface area contributed by atoms with Crippen LogP contribution in [0.15, 0.2) is 78.6 Å². The van der Waals surface area contributed by atoms with Crippen LogP contribution in [0.25, 0.3) is 5.76 Å². The third-order valence-electron chi connectivity index (χ3n) is 5.92. The molecular formula is C27H26N2O4. The molecule has 6 heteroatoms. The van der Waals surface area contributed by atoms with Gasteiger partial charge in [0.1, 0.15) is 11.5 Å². The van der Waals surface area contributed by atoms with Crippen molar-refractivity contribution in [3.8, 4) is 5.75 Å². The molecule has 0 radical (unpaired) electrons. The van der Waals surface area contributed by atoms with Crippen molar-refractivity contribution in [3.63, 3.8) is 0 Å². The monoisotopic (exact) mass is 442 g/mol. The molecule has 1 atom stereocenters. The van der Waals surface area contributed by atoms with Crippen LogP contribution in [0.2, 0.25) is 0 Å². The maximum Gasteiger partial charge on any atom is 0.295 e. The fourth-order valence-corrected chi connectivity index (χ4v) is 4.04. The zero-order chi connectivity index (χ0) is 23.5. The first kappa shape index (κ1) is 22.3. The smallest absolute Gasteiger partial charge is 0.295 e. The summed E-state index contributed by atoms with van der Waals surface area (Å²) in [4.78, 5) is 31.8. The molecule has 0 aliphatic carbocycles. The summed E-state index contributed by atoms with van der Waals surface area (Å²) < 4.78 is 5.18. The lowest BCUT2D eigenvalue weighted by atomic mass is 9.93. The van der Waals surface area contributed by atoms with Crippen LogP contribution in [0.4, 0.5) is 0 Å². The summed E-state index contributed by atoms with van der Waals surface area (Å²) in [6.07, 6.45) is 3.30. The van der Waals surface area contributed by atoms with Crippen molar-refractivity contribution in [2.24, 2.45) is 0 Å². The van der Waals surface area contributed by atoms with Crippen LogP contribution in [0.1, 0.15) is 48.1 Å². The van der Waals surface area contributed by atoms with Crippen molar-refractivity contribution >= 4 is 17.4 Å². The van der Waals surface area contributed by atoms with Gasteiger partial charge in [0.05, 0.1) is 18.7 Å². The summed E-state index contributed by atoms with van der Waals surface area (Å²) in [5.41, 5.74) is 3.29. The largest absolute Gasteiger partial charge is 0.507 e. The van der Waals surface area contributed by atoms with Crippen molar-refractivity contribution < 1.29 is 19.4 Å². The molecule has 1 saturated heterocycles. The van der Waals surface area contributed by atoms with E-state index in [0.29, 0.717) is 17.2 Å². The zero-order valence-electron chi connectivity index (χ0n) is 18.9. The molecule has 0 unspecified atom stereocenters. The van der Waals surface area contributed by atoms with E-state index in [1.54, 1.807) is 43.8 Å². The molecule has 1 fully saturated rings. The first-order chi connectivity index (χ1) is 15.9. The van der Waals surface area contributed by atoms with Crippen molar-refractivity contribution in [1.82, 2.24) is 9.88 Å². The van der Waals surface area contributed by atoms with Gasteiger partial charge in [-0.25, -0.2) is 0 Å². The number of aromatic nitrogens is 1. The Morgan fingerprint density at radius 3 is 2.21 bits per heavy atom. The lowest BCUT2D eigenvalue weighted by Gasteiger charge is -2.25. The fraction of sp³-hybridized carbons (Fsp3) is 0.222. The lowest BCUT2D eigenvalue weighted by molar-refractivity contribution is -0.140. The minimum atomic E-state index is -0.707. The van der Waals surface area contributed by atoms with Crippen LogP contribution in [0.5, 0.6) is 5.75 Å². The van der Waals surface area contributed by atoms with E-state index in [1.165, 1.54) is 4.90 Å². The Balaban J connectivity index is 1.83. The maximum absolute atomic E-state index is 13.2. The van der Waals surface area contributed by atoms with Crippen LogP contribution in [-0.4, -0.2) is 33.8 Å². The van der Waals surface area contributed by atoms with Gasteiger partial charge in [-0.15, -0.1) is 0 Å². The molecule has 1 N–H and O–H groups in total. The number of aliphatic hydroxyl groups excluding tert-OH is 1. The van der Waals surface area contributed by atoms with Crippen molar-refractivity contribution in [2.45, 2.75) is 32.4 Å². The number of benzene rings is 2. The first-order valence-electron chi connectivity index (χ1n) is 10.8. The SMILES string of the molecule is COc1ccc(/C(O)=C2\C(=O)C(=O)N(Cc3ccncc3)[C@H]2c2ccc(C(C)C)cc2)cc1. The number of hydrogen-bond acceptors (Lipinski definition) is 5. The number of likely N-dealkylation sites (tertiary alicyclic amines) is 1. The molecule has 2 aromatic carbocycles. The molecule has 0 spiro atoms. The number of hydrogen-bond donors (Lipinski definition) is 1. The lowest BCUT2D eigenvalue weighted by Crippen LogP contribution is -2.29. The highest BCUT2D eigenvalue weighted by molar-refractivity contribution is 6.46. The number of amides is 1. The molecule has 1 aromatic heterocycles. The van der Waals surface area contributed by atoms with Crippen LogP contribution in [0, 0.1) is 0 Å². The van der Waals surface area contributed by atoms with Crippen molar-refractivity contribution in [1.29, 1.82) is 0 Å². The van der Waals surface area contributed by atoms with E-state index < -0.39 is 17.7 Å². The summed E-state index contributed by atoms with van der Waals surface area (Å²) in [6.45, 7) is 4.44. The van der Waals surface area contributed by atoms with Crippen LogP contribution in [0.3, 0.4) is 0 Å². The van der Waals surface area contributed by atoms with Gasteiger partial charge in [-0.05, 0) is 59.0 Å². The number of carbonyl (C=O) groups excluding carboxylic acids is 2. The molecule has 2 heterocycles. The van der Waals surface area contributed by atoms with Gasteiger partial charge in [0.2, 0.25) is 0 Å². The highest BCUT2D eigenvalue weighted by atomic mass is 16.5. The van der Waals surface area contributed by atoms with Gasteiger partial charge in [0, 0.05) is 24.5 Å². The van der Waals surface area contributed by atoms with Gasteiger partial charge in [-0.1, -0.05) is 38.1 Å². The van der Waals surface area contributed by atoms with Gasteiger partial charge < -0.3 is 14.7 Å². The quantitative estimate of drug-likeness (QED) is 0.336. The van der Waals surface area contributed by atoms with Gasteiger partial charge in [-0.3, -0.25) is 14.6 Å². The second-order valence-electron chi connectivity index (χ2n) is 8.33. The van der Waals surface area contributed by atoms with Gasteiger partial charge in [0.15, 0.2) is 0 Å². The van der Waals surface area contributed by atoms with Crippen molar-refractivity contribution in [2.75, 3.05) is 7.11 Å². The molecule has 3 aromatic rings. The number of methoxy groups -OCH3 is 1. The second-order valence-corrected chi connectivity index (χ2v) is 8.33. The first-order valence-corrected chi connectivity index (χ1v) is 10.8. The maximum atomic E-state index is 13.2. The van der Waals surface area contributed by atoms with E-state index in [-0.39, 0.29) is 17.9 Å². The minimum Gasteiger partial charge on any atom is -0.507 e. The van der Waals surface area contributed by atoms with E-state index in [9.17, 15) is 14.7 Å². The number of rotatable bonds is 6. The van der Waals surface area contributed by atoms with E-state index in [4.69, 9.17) is 4.74 Å². The van der Waals surface area contributed by atoms with E-state index in [0.717, 1.165) is 16.7 Å². The molecule has 1 aliphatic rings. The molecule has 6 nitrogen and oxygen atoms in total. The number of pyridine rings is 1. The Hall–Kier alpha value is -3.93. The summed E-state index contributed by atoms with van der Waals surface area (Å²) in [7, 11) is 1.56. The molecule has 168 valence electrons. The summed E-state index contributed by atoms with van der Waals surface area (Å²) >= 11 is 0. The van der Waals surface area contributed by atoms with E-state index in [1.807, 2.05) is 36.4 Å². The topological polar surface area (TPSA) is 79.7 Å². The minimum absolute atomic E-state index is 0.0801. The Bertz CT molecular complexity index is 1180. The Labute approximate surface area is 193 Å². The normalized spacial score (nSPS) is 17.6. The predicted molar refractivity (Wildman–Crippen MR) is 126 cm³/mol. The standard InChI is InChI=1S/C27H26N2O4/c1-17(2)19-4-6-20(7-5-19)24-23(25(30)21-8-10-22(33-3)11-9-21)26(31)27(32)29(24)16-18-12-14-28-15-13-18/h4-15,17,24,30H,16H2,1-3H3/b25-23+/t24-/m0/s1. The number of ketones is 1. The second kappa shape index (κ2) is 9.28. The Morgan fingerprint density at radius 1 is 1.00 bits per heavy atom. The summed E-state index contributed by atoms with van der Waals surface area (Å²) in [6, 6.07) is 17.5. The number of carbonyl (C=O) groups is 2. The van der Waals surface area contributed by atoms with Gasteiger partial charge >= 0.3 is 0 Å². The Kier molecular flexibility index (Phi) is 6.27. The van der Waals surface area contributed by atoms with Crippen LogP contribution in [-0.2, 0) is 16.1 Å². The van der Waals surface area contributed by atoms with Crippen molar-refractivity contribution in [3.05, 3.63) is 101 Å². The molecule has 1 amide bonds. The van der Waals surface area contributed by atoms with Gasteiger partial charge in [-0.2, -0.15) is 0 Å². The molecular weight excluding hydrogens is 416 g/mol. The van der Waals surface area contributed by atoms with Crippen LogP contribution < -0.4 is 4.74 Å². The third kappa shape index (κ3) is 4.37. The molecule has 33 heavy (non-hydrogen) atoms. The number of aliphatic hydroxyl groups is 1. The summed E-state index contributed by atoms with van der Waals surface area (Å²) in [5.74, 6) is -0.562. The van der Waals surface area contributed by atoms with Gasteiger partial charge in [0.25, 0.3) is 11.7 Å².